The predicted molar refractivity (Wildman–Crippen MR) is 108 cm³/mol. The summed E-state index contributed by atoms with van der Waals surface area (Å²) in [4.78, 5) is 16.1. The highest BCUT2D eigenvalue weighted by Gasteiger charge is 2.12. The summed E-state index contributed by atoms with van der Waals surface area (Å²) in [6, 6.07) is 16.0. The molecule has 2 aromatic rings. The highest BCUT2D eigenvalue weighted by molar-refractivity contribution is 7.99. The third-order valence-electron chi connectivity index (χ3n) is 4.31. The molecule has 3 rings (SSSR count). The van der Waals surface area contributed by atoms with Gasteiger partial charge in [0.2, 0.25) is 0 Å². The largest absolute Gasteiger partial charge is 0.371 e. The number of nitrogens with zero attached hydrogens (tertiary/aromatic N) is 1. The van der Waals surface area contributed by atoms with Crippen LogP contribution in [0.25, 0.3) is 0 Å². The van der Waals surface area contributed by atoms with Gasteiger partial charge < -0.3 is 10.2 Å². The fourth-order valence-corrected chi connectivity index (χ4v) is 3.93. The van der Waals surface area contributed by atoms with E-state index in [1.54, 1.807) is 11.8 Å². The maximum absolute atomic E-state index is 12.5. The van der Waals surface area contributed by atoms with Crippen LogP contribution in [0.1, 0.15) is 43.5 Å². The van der Waals surface area contributed by atoms with E-state index < -0.39 is 0 Å². The van der Waals surface area contributed by atoms with E-state index in [-0.39, 0.29) is 5.91 Å². The van der Waals surface area contributed by atoms with E-state index in [4.69, 9.17) is 0 Å². The van der Waals surface area contributed by atoms with Crippen molar-refractivity contribution in [2.75, 3.05) is 23.3 Å². The van der Waals surface area contributed by atoms with Crippen LogP contribution in [0.15, 0.2) is 53.4 Å². The van der Waals surface area contributed by atoms with Gasteiger partial charge in [0, 0.05) is 40.2 Å². The molecule has 0 bridgehead atoms. The Morgan fingerprint density at radius 2 is 1.76 bits per heavy atom. The summed E-state index contributed by atoms with van der Waals surface area (Å²) < 4.78 is 0. The third-order valence-corrected chi connectivity index (χ3v) is 5.33. The monoisotopic (exact) mass is 354 g/mol. The van der Waals surface area contributed by atoms with Crippen LogP contribution in [0.4, 0.5) is 11.4 Å². The van der Waals surface area contributed by atoms with E-state index in [0.717, 1.165) is 18.8 Å². The SMILES string of the molecule is CC(C)Sc1ccc(C(=O)Nc2cccc(N3CCCCC3)c2)cc1. The second-order valence-electron chi connectivity index (χ2n) is 6.74. The van der Waals surface area contributed by atoms with Crippen LogP contribution in [0.5, 0.6) is 0 Å². The molecule has 2 aromatic carbocycles. The molecule has 1 saturated heterocycles. The van der Waals surface area contributed by atoms with Gasteiger partial charge in [0.05, 0.1) is 0 Å². The van der Waals surface area contributed by atoms with E-state index >= 15 is 0 Å². The number of nitrogens with one attached hydrogen (secondary N) is 1. The fourth-order valence-electron chi connectivity index (χ4n) is 3.09. The van der Waals surface area contributed by atoms with Crippen LogP contribution in [-0.4, -0.2) is 24.2 Å². The number of carbonyl (C=O) groups is 1. The van der Waals surface area contributed by atoms with Gasteiger partial charge in [0.1, 0.15) is 0 Å². The second kappa shape index (κ2) is 8.43. The molecule has 0 saturated carbocycles. The molecule has 0 atom stereocenters. The van der Waals surface area contributed by atoms with Crippen LogP contribution in [0.3, 0.4) is 0 Å². The molecule has 3 nitrogen and oxygen atoms in total. The Labute approximate surface area is 154 Å². The van der Waals surface area contributed by atoms with Crippen LogP contribution in [-0.2, 0) is 0 Å². The van der Waals surface area contributed by atoms with Crippen molar-refractivity contribution >= 4 is 29.0 Å². The molecule has 0 radical (unpaired) electrons. The van der Waals surface area contributed by atoms with Crippen LogP contribution < -0.4 is 10.2 Å². The highest BCUT2D eigenvalue weighted by Crippen LogP contribution is 2.25. The molecule has 1 aliphatic heterocycles. The molecule has 0 aromatic heterocycles. The summed E-state index contributed by atoms with van der Waals surface area (Å²) in [5, 5.41) is 3.56. The first-order valence-corrected chi connectivity index (χ1v) is 9.93. The Kier molecular flexibility index (Phi) is 6.03. The maximum atomic E-state index is 12.5. The zero-order valence-corrected chi connectivity index (χ0v) is 15.8. The lowest BCUT2D eigenvalue weighted by molar-refractivity contribution is 0.102. The Bertz CT molecular complexity index is 706. The Morgan fingerprint density at radius 3 is 2.44 bits per heavy atom. The number of amides is 1. The molecule has 25 heavy (non-hydrogen) atoms. The fraction of sp³-hybridized carbons (Fsp3) is 0.381. The van der Waals surface area contributed by atoms with Crippen molar-refractivity contribution in [1.82, 2.24) is 0 Å². The van der Waals surface area contributed by atoms with Gasteiger partial charge in [-0.25, -0.2) is 0 Å². The van der Waals surface area contributed by atoms with Crippen LogP contribution in [0, 0.1) is 0 Å². The Hall–Kier alpha value is -1.94. The number of carbonyl (C=O) groups excluding carboxylic acids is 1. The van der Waals surface area contributed by atoms with E-state index in [9.17, 15) is 4.79 Å². The van der Waals surface area contributed by atoms with Crippen molar-refractivity contribution in [2.45, 2.75) is 43.3 Å². The number of benzene rings is 2. The number of hydrogen-bond donors (Lipinski definition) is 1. The minimum absolute atomic E-state index is 0.0584. The quantitative estimate of drug-likeness (QED) is 0.727. The topological polar surface area (TPSA) is 32.3 Å². The first kappa shape index (κ1) is 17.9. The summed E-state index contributed by atoms with van der Waals surface area (Å²) in [5.41, 5.74) is 2.74. The smallest absolute Gasteiger partial charge is 0.255 e. The average Bonchev–Trinajstić information content (AvgIpc) is 2.63. The van der Waals surface area contributed by atoms with Gasteiger partial charge >= 0.3 is 0 Å². The molecule has 4 heteroatoms. The van der Waals surface area contributed by atoms with E-state index in [0.29, 0.717) is 10.8 Å². The van der Waals surface area contributed by atoms with Crippen molar-refractivity contribution in [1.29, 1.82) is 0 Å². The molecule has 1 heterocycles. The number of rotatable bonds is 5. The zero-order valence-electron chi connectivity index (χ0n) is 15.0. The van der Waals surface area contributed by atoms with Gasteiger partial charge in [0.25, 0.3) is 5.91 Å². The molecular formula is C21H26N2OS. The van der Waals surface area contributed by atoms with Crippen molar-refractivity contribution in [3.63, 3.8) is 0 Å². The molecular weight excluding hydrogens is 328 g/mol. The first-order valence-electron chi connectivity index (χ1n) is 9.05. The molecule has 1 N–H and O–H groups in total. The molecule has 0 aliphatic carbocycles. The van der Waals surface area contributed by atoms with Gasteiger partial charge in [-0.2, -0.15) is 0 Å². The number of thioether (sulfide) groups is 1. The summed E-state index contributed by atoms with van der Waals surface area (Å²) >= 11 is 1.80. The van der Waals surface area contributed by atoms with Crippen molar-refractivity contribution in [2.24, 2.45) is 0 Å². The number of piperidine rings is 1. The molecule has 132 valence electrons. The number of hydrogen-bond acceptors (Lipinski definition) is 3. The highest BCUT2D eigenvalue weighted by atomic mass is 32.2. The summed E-state index contributed by atoms with van der Waals surface area (Å²) in [6.45, 7) is 6.54. The summed E-state index contributed by atoms with van der Waals surface area (Å²) in [7, 11) is 0. The lowest BCUT2D eigenvalue weighted by atomic mass is 10.1. The Morgan fingerprint density at radius 1 is 1.04 bits per heavy atom. The van der Waals surface area contributed by atoms with Gasteiger partial charge in [0.15, 0.2) is 0 Å². The minimum atomic E-state index is -0.0584. The molecule has 1 amide bonds. The number of anilines is 2. The minimum Gasteiger partial charge on any atom is -0.371 e. The van der Waals surface area contributed by atoms with E-state index in [1.165, 1.54) is 29.8 Å². The lowest BCUT2D eigenvalue weighted by Gasteiger charge is -2.29. The first-order chi connectivity index (χ1) is 12.1. The van der Waals surface area contributed by atoms with Crippen molar-refractivity contribution < 1.29 is 4.79 Å². The van der Waals surface area contributed by atoms with Gasteiger partial charge in [-0.15, -0.1) is 11.8 Å². The van der Waals surface area contributed by atoms with Gasteiger partial charge in [-0.1, -0.05) is 19.9 Å². The maximum Gasteiger partial charge on any atom is 0.255 e. The average molecular weight is 355 g/mol. The summed E-state index contributed by atoms with van der Waals surface area (Å²) in [6.07, 6.45) is 3.81. The van der Waals surface area contributed by atoms with Crippen molar-refractivity contribution in [3.8, 4) is 0 Å². The zero-order chi connectivity index (χ0) is 17.6. The molecule has 1 aliphatic rings. The second-order valence-corrected chi connectivity index (χ2v) is 8.39. The van der Waals surface area contributed by atoms with Gasteiger partial charge in [-0.05, 0) is 61.7 Å². The van der Waals surface area contributed by atoms with Crippen LogP contribution >= 0.6 is 11.8 Å². The molecule has 0 spiro atoms. The predicted octanol–water partition coefficient (Wildman–Crippen LogP) is 5.43. The lowest BCUT2D eigenvalue weighted by Crippen LogP contribution is -2.29. The van der Waals surface area contributed by atoms with E-state index in [1.807, 2.05) is 36.4 Å². The third kappa shape index (κ3) is 5.02. The summed E-state index contributed by atoms with van der Waals surface area (Å²) in [5.74, 6) is -0.0584. The van der Waals surface area contributed by atoms with Crippen molar-refractivity contribution in [3.05, 3.63) is 54.1 Å². The standard InChI is InChI=1S/C21H26N2OS/c1-16(2)25-20-11-9-17(10-12-20)21(24)22-18-7-6-8-19(15-18)23-13-4-3-5-14-23/h6-12,15-16H,3-5,13-14H2,1-2H3,(H,22,24). The molecule has 1 fully saturated rings. The van der Waals surface area contributed by atoms with Gasteiger partial charge in [-0.3, -0.25) is 4.79 Å². The Balaban J connectivity index is 1.66. The molecule has 0 unspecified atom stereocenters. The van der Waals surface area contributed by atoms with Crippen LogP contribution in [0.2, 0.25) is 0 Å². The normalized spacial score (nSPS) is 14.6. The van der Waals surface area contributed by atoms with E-state index in [2.05, 4.69) is 36.2 Å².